The summed E-state index contributed by atoms with van der Waals surface area (Å²) >= 11 is 0. The van der Waals surface area contributed by atoms with Crippen LogP contribution in [0.5, 0.6) is 0 Å². The maximum Gasteiger partial charge on any atom is 0.211 e. The Morgan fingerprint density at radius 3 is 2.87 bits per heavy atom. The van der Waals surface area contributed by atoms with E-state index in [9.17, 15) is 8.42 Å². The number of imidazole rings is 1. The maximum atomic E-state index is 12.1. The molecule has 1 aliphatic rings. The highest BCUT2D eigenvalue weighted by atomic mass is 32.2. The highest BCUT2D eigenvalue weighted by Crippen LogP contribution is 2.24. The van der Waals surface area contributed by atoms with E-state index in [1.165, 1.54) is 10.6 Å². The lowest BCUT2D eigenvalue weighted by Gasteiger charge is -2.33. The molecule has 1 aliphatic heterocycles. The molecular weight excluding hydrogens is 316 g/mol. The fourth-order valence-corrected chi connectivity index (χ4v) is 3.85. The summed E-state index contributed by atoms with van der Waals surface area (Å²) in [5.41, 5.74) is 2.71. The van der Waals surface area contributed by atoms with Crippen molar-refractivity contribution in [3.63, 3.8) is 0 Å². The average molecular weight is 336 g/mol. The monoisotopic (exact) mass is 336 g/mol. The lowest BCUT2D eigenvalue weighted by atomic mass is 10.1. The fourth-order valence-electron chi connectivity index (χ4n) is 2.81. The van der Waals surface area contributed by atoms with Crippen molar-refractivity contribution in [3.8, 4) is 0 Å². The van der Waals surface area contributed by atoms with Gasteiger partial charge in [-0.25, -0.2) is 13.4 Å². The highest BCUT2D eigenvalue weighted by Gasteiger charge is 2.34. The molecule has 0 aliphatic carbocycles. The van der Waals surface area contributed by atoms with E-state index < -0.39 is 10.0 Å². The van der Waals surface area contributed by atoms with E-state index in [1.54, 1.807) is 12.5 Å². The number of aryl methyl sites for hydroxylation is 1. The zero-order chi connectivity index (χ0) is 16.4. The smallest absolute Gasteiger partial charge is 0.211 e. The van der Waals surface area contributed by atoms with Gasteiger partial charge in [0.25, 0.3) is 0 Å². The Bertz CT molecular complexity index is 773. The van der Waals surface area contributed by atoms with Gasteiger partial charge in [-0.2, -0.15) is 4.31 Å². The Morgan fingerprint density at radius 1 is 1.35 bits per heavy atom. The van der Waals surface area contributed by atoms with Crippen LogP contribution in [0.1, 0.15) is 17.1 Å². The van der Waals surface area contributed by atoms with Gasteiger partial charge in [0.05, 0.1) is 49.8 Å². The van der Waals surface area contributed by atoms with Crippen LogP contribution in [0, 0.1) is 0 Å². The van der Waals surface area contributed by atoms with E-state index in [0.29, 0.717) is 26.2 Å². The molecule has 0 fully saturated rings. The molecule has 23 heavy (non-hydrogen) atoms. The predicted octanol–water partition coefficient (Wildman–Crippen LogP) is 0.718. The third-order valence-electron chi connectivity index (χ3n) is 4.00. The molecule has 0 spiro atoms. The Balaban J connectivity index is 1.72. The third-order valence-corrected chi connectivity index (χ3v) is 5.28. The van der Waals surface area contributed by atoms with Gasteiger partial charge < -0.3 is 9.30 Å². The number of hydrogen-bond donors (Lipinski definition) is 0. The Labute approximate surface area is 136 Å². The van der Waals surface area contributed by atoms with Crippen molar-refractivity contribution in [2.45, 2.75) is 25.6 Å². The third kappa shape index (κ3) is 3.60. The molecule has 1 atom stereocenters. The molecule has 124 valence electrons. The van der Waals surface area contributed by atoms with E-state index in [4.69, 9.17) is 4.74 Å². The minimum absolute atomic E-state index is 0.225. The second-order valence-electron chi connectivity index (χ2n) is 5.75. The molecule has 0 aromatic carbocycles. The molecule has 3 rings (SSSR count). The van der Waals surface area contributed by atoms with E-state index in [1.807, 2.05) is 29.8 Å². The number of fused-ring (bicyclic) bond motifs is 1. The van der Waals surface area contributed by atoms with E-state index in [0.717, 1.165) is 17.1 Å². The molecule has 0 radical (unpaired) electrons. The molecule has 2 aromatic rings. The van der Waals surface area contributed by atoms with Crippen LogP contribution in [0.25, 0.3) is 0 Å². The molecular formula is C15H20N4O3S. The SMILES string of the molecule is Cn1cnc2c1C[C@H](COCc1ccccn1)N(S(C)(=O)=O)C2. The molecule has 0 unspecified atom stereocenters. The lowest BCUT2D eigenvalue weighted by Crippen LogP contribution is -2.46. The van der Waals surface area contributed by atoms with Crippen LogP contribution < -0.4 is 0 Å². The number of hydrogen-bond acceptors (Lipinski definition) is 5. The van der Waals surface area contributed by atoms with Crippen molar-refractivity contribution in [1.29, 1.82) is 0 Å². The predicted molar refractivity (Wildman–Crippen MR) is 85.0 cm³/mol. The van der Waals surface area contributed by atoms with Crippen LogP contribution in [0.3, 0.4) is 0 Å². The van der Waals surface area contributed by atoms with Gasteiger partial charge in [0.15, 0.2) is 0 Å². The number of sulfonamides is 1. The summed E-state index contributed by atoms with van der Waals surface area (Å²) in [6.45, 7) is 0.994. The molecule has 0 amide bonds. The van der Waals surface area contributed by atoms with Crippen molar-refractivity contribution in [1.82, 2.24) is 18.8 Å². The molecule has 3 heterocycles. The average Bonchev–Trinajstić information content (AvgIpc) is 2.88. The van der Waals surface area contributed by atoms with Crippen molar-refractivity contribution < 1.29 is 13.2 Å². The van der Waals surface area contributed by atoms with Crippen molar-refractivity contribution >= 4 is 10.0 Å². The van der Waals surface area contributed by atoms with Gasteiger partial charge in [-0.3, -0.25) is 4.98 Å². The Hall–Kier alpha value is -1.77. The normalized spacial score (nSPS) is 18.8. The van der Waals surface area contributed by atoms with Crippen molar-refractivity contribution in [2.24, 2.45) is 7.05 Å². The van der Waals surface area contributed by atoms with Crippen LogP contribution >= 0.6 is 0 Å². The zero-order valence-corrected chi connectivity index (χ0v) is 14.0. The minimum atomic E-state index is -3.32. The van der Waals surface area contributed by atoms with Crippen LogP contribution in [0.2, 0.25) is 0 Å². The van der Waals surface area contributed by atoms with Crippen LogP contribution in [0.4, 0.5) is 0 Å². The first-order valence-corrected chi connectivity index (χ1v) is 9.23. The molecule has 0 bridgehead atoms. The van der Waals surface area contributed by atoms with E-state index in [2.05, 4.69) is 9.97 Å². The van der Waals surface area contributed by atoms with Gasteiger partial charge in [0.1, 0.15) is 0 Å². The lowest BCUT2D eigenvalue weighted by molar-refractivity contribution is 0.0694. The maximum absolute atomic E-state index is 12.1. The van der Waals surface area contributed by atoms with Gasteiger partial charge in [0, 0.05) is 25.4 Å². The first kappa shape index (κ1) is 16.1. The quantitative estimate of drug-likeness (QED) is 0.804. The van der Waals surface area contributed by atoms with Crippen LogP contribution in [-0.4, -0.2) is 46.2 Å². The molecule has 0 N–H and O–H groups in total. The van der Waals surface area contributed by atoms with Gasteiger partial charge in [0.2, 0.25) is 10.0 Å². The molecule has 8 heteroatoms. The van der Waals surface area contributed by atoms with Gasteiger partial charge in [-0.05, 0) is 12.1 Å². The minimum Gasteiger partial charge on any atom is -0.373 e. The first-order valence-electron chi connectivity index (χ1n) is 7.38. The zero-order valence-electron chi connectivity index (χ0n) is 13.2. The highest BCUT2D eigenvalue weighted by molar-refractivity contribution is 7.88. The molecule has 7 nitrogen and oxygen atoms in total. The number of aromatic nitrogens is 3. The summed E-state index contributed by atoms with van der Waals surface area (Å²) in [6.07, 6.45) is 5.26. The van der Waals surface area contributed by atoms with Gasteiger partial charge in [-0.15, -0.1) is 0 Å². The molecule has 0 saturated carbocycles. The van der Waals surface area contributed by atoms with Crippen LogP contribution in [-0.2, 0) is 41.4 Å². The number of nitrogens with zero attached hydrogens (tertiary/aromatic N) is 4. The van der Waals surface area contributed by atoms with Crippen LogP contribution in [0.15, 0.2) is 30.7 Å². The van der Waals surface area contributed by atoms with Crippen molar-refractivity contribution in [3.05, 3.63) is 47.8 Å². The second-order valence-corrected chi connectivity index (χ2v) is 7.69. The van der Waals surface area contributed by atoms with E-state index >= 15 is 0 Å². The summed E-state index contributed by atoms with van der Waals surface area (Å²) in [5, 5.41) is 0. The van der Waals surface area contributed by atoms with Crippen molar-refractivity contribution in [2.75, 3.05) is 12.9 Å². The largest absolute Gasteiger partial charge is 0.373 e. The molecule has 2 aromatic heterocycles. The summed E-state index contributed by atoms with van der Waals surface area (Å²) in [7, 11) is -1.39. The topological polar surface area (TPSA) is 77.3 Å². The number of pyridine rings is 1. The molecule has 0 saturated heterocycles. The number of rotatable bonds is 5. The standard InChI is InChI=1S/C15H20N4O3S/c1-18-11-17-14-8-19(23(2,20)21)13(7-15(14)18)10-22-9-12-5-3-4-6-16-12/h3-6,11,13H,7-10H2,1-2H3/t13-/m1/s1. The van der Waals surface area contributed by atoms with E-state index in [-0.39, 0.29) is 6.04 Å². The Kier molecular flexibility index (Phi) is 4.47. The Morgan fingerprint density at radius 2 is 2.17 bits per heavy atom. The summed E-state index contributed by atoms with van der Waals surface area (Å²) in [5.74, 6) is 0. The van der Waals surface area contributed by atoms with Gasteiger partial charge in [-0.1, -0.05) is 6.07 Å². The fraction of sp³-hybridized carbons (Fsp3) is 0.467. The summed E-state index contributed by atoms with van der Waals surface area (Å²) < 4.78 is 33.3. The summed E-state index contributed by atoms with van der Waals surface area (Å²) in [6, 6.07) is 5.41. The van der Waals surface area contributed by atoms with Gasteiger partial charge >= 0.3 is 0 Å². The number of ether oxygens (including phenoxy) is 1. The first-order chi connectivity index (χ1) is 10.9. The summed E-state index contributed by atoms with van der Waals surface area (Å²) in [4.78, 5) is 8.49. The second kappa shape index (κ2) is 6.38.